The fourth-order valence-corrected chi connectivity index (χ4v) is 5.70. The number of hydrazone groups is 1. The first kappa shape index (κ1) is 25.6. The molecule has 0 bridgehead atoms. The van der Waals surface area contributed by atoms with Crippen molar-refractivity contribution in [2.75, 3.05) is 18.0 Å². The second-order valence-electron chi connectivity index (χ2n) is 9.82. The Morgan fingerprint density at radius 2 is 1.73 bits per heavy atom. The predicted molar refractivity (Wildman–Crippen MR) is 149 cm³/mol. The van der Waals surface area contributed by atoms with Crippen LogP contribution in [-0.4, -0.2) is 40.4 Å². The zero-order valence-electron chi connectivity index (χ0n) is 20.6. The van der Waals surface area contributed by atoms with E-state index in [-0.39, 0.29) is 11.8 Å². The van der Waals surface area contributed by atoms with Gasteiger partial charge in [0.15, 0.2) is 5.84 Å². The van der Waals surface area contributed by atoms with Gasteiger partial charge < -0.3 is 26.1 Å². The summed E-state index contributed by atoms with van der Waals surface area (Å²) in [5.41, 5.74) is 6.04. The number of aromatic nitrogens is 2. The number of amidine groups is 1. The number of hydrazine groups is 1. The van der Waals surface area contributed by atoms with Crippen molar-refractivity contribution in [3.05, 3.63) is 57.6 Å². The highest BCUT2D eigenvalue weighted by atomic mass is 35.5. The van der Waals surface area contributed by atoms with Gasteiger partial charge in [0, 0.05) is 30.6 Å². The van der Waals surface area contributed by atoms with Gasteiger partial charge in [-0.2, -0.15) is 5.10 Å². The topological polar surface area (TPSA) is 127 Å². The number of nitrogens with one attached hydrogen (secondary N) is 2. The molecule has 3 aromatic rings. The summed E-state index contributed by atoms with van der Waals surface area (Å²) < 4.78 is 2.16. The molecule has 2 heterocycles. The zero-order valence-corrected chi connectivity index (χ0v) is 22.1. The molecule has 1 aliphatic carbocycles. The van der Waals surface area contributed by atoms with Crippen molar-refractivity contribution in [2.24, 2.45) is 22.7 Å². The van der Waals surface area contributed by atoms with Crippen LogP contribution in [0.1, 0.15) is 49.7 Å². The van der Waals surface area contributed by atoms with Crippen LogP contribution in [0.4, 0.5) is 5.95 Å². The molecule has 2 fully saturated rings. The maximum atomic E-state index is 12.8. The van der Waals surface area contributed by atoms with E-state index < -0.39 is 0 Å². The standard InChI is InChI=1S/C26H32Cl2N8O/c27-20-13-22-23(14-21(20)28)36(15-16-5-7-17(8-6-16)24(33-29)34-30)26(32-22)35-11-9-18(10-12-35)25(37)31-19-3-1-2-4-19/h5-8,13-14,18-19H,1-4,9-12,15,29-30H2,(H,31,37)(H,33,34). The number of hydrogen-bond donors (Lipinski definition) is 4. The minimum absolute atomic E-state index is 0.0423. The van der Waals surface area contributed by atoms with Crippen molar-refractivity contribution in [1.82, 2.24) is 20.3 Å². The van der Waals surface area contributed by atoms with Gasteiger partial charge in [0.2, 0.25) is 11.9 Å². The molecule has 6 N–H and O–H groups in total. The van der Waals surface area contributed by atoms with Crippen molar-refractivity contribution in [3.8, 4) is 0 Å². The van der Waals surface area contributed by atoms with Gasteiger partial charge in [-0.15, -0.1) is 0 Å². The minimum Gasteiger partial charge on any atom is -0.353 e. The third-order valence-corrected chi connectivity index (χ3v) is 8.18. The van der Waals surface area contributed by atoms with Crippen LogP contribution in [0, 0.1) is 5.92 Å². The highest BCUT2D eigenvalue weighted by Crippen LogP contribution is 2.33. The minimum atomic E-state index is 0.0423. The summed E-state index contributed by atoms with van der Waals surface area (Å²) in [6.45, 7) is 2.09. The van der Waals surface area contributed by atoms with Crippen molar-refractivity contribution >= 4 is 51.9 Å². The van der Waals surface area contributed by atoms with Gasteiger partial charge in [-0.1, -0.05) is 60.3 Å². The van der Waals surface area contributed by atoms with E-state index in [1.807, 2.05) is 30.3 Å². The highest BCUT2D eigenvalue weighted by molar-refractivity contribution is 6.42. The average Bonchev–Trinajstić information content (AvgIpc) is 3.54. The van der Waals surface area contributed by atoms with E-state index in [0.29, 0.717) is 28.5 Å². The van der Waals surface area contributed by atoms with Gasteiger partial charge in [-0.3, -0.25) is 4.79 Å². The normalized spacial score (nSPS) is 17.5. The Kier molecular flexibility index (Phi) is 7.73. The Hall–Kier alpha value is -3.01. The third-order valence-electron chi connectivity index (χ3n) is 7.45. The molecule has 0 spiro atoms. The average molecular weight is 544 g/mol. The number of anilines is 1. The van der Waals surface area contributed by atoms with Gasteiger partial charge in [0.1, 0.15) is 0 Å². The van der Waals surface area contributed by atoms with E-state index in [0.717, 1.165) is 66.9 Å². The molecule has 1 aliphatic heterocycles. The molecule has 1 saturated heterocycles. The third kappa shape index (κ3) is 5.49. The molecular formula is C26H32Cl2N8O. The Balaban J connectivity index is 1.38. The molecular weight excluding hydrogens is 511 g/mol. The maximum Gasteiger partial charge on any atom is 0.223 e. The second-order valence-corrected chi connectivity index (χ2v) is 10.6. The maximum absolute atomic E-state index is 12.8. The van der Waals surface area contributed by atoms with E-state index in [2.05, 4.69) is 25.3 Å². The Morgan fingerprint density at radius 3 is 2.38 bits per heavy atom. The lowest BCUT2D eigenvalue weighted by Gasteiger charge is -2.33. The lowest BCUT2D eigenvalue weighted by atomic mass is 9.95. The van der Waals surface area contributed by atoms with Crippen LogP contribution < -0.4 is 27.3 Å². The smallest absolute Gasteiger partial charge is 0.223 e. The molecule has 11 heteroatoms. The van der Waals surface area contributed by atoms with E-state index in [1.165, 1.54) is 12.8 Å². The fourth-order valence-electron chi connectivity index (χ4n) is 5.38. The first-order valence-corrected chi connectivity index (χ1v) is 13.5. The number of nitrogens with zero attached hydrogens (tertiary/aromatic N) is 4. The largest absolute Gasteiger partial charge is 0.353 e. The number of imidazole rings is 1. The molecule has 2 aromatic carbocycles. The van der Waals surface area contributed by atoms with Crippen LogP contribution in [0.15, 0.2) is 41.5 Å². The summed E-state index contributed by atoms with van der Waals surface area (Å²) >= 11 is 12.7. The molecule has 0 radical (unpaired) electrons. The van der Waals surface area contributed by atoms with E-state index in [1.54, 1.807) is 6.07 Å². The van der Waals surface area contributed by atoms with Gasteiger partial charge in [0.25, 0.3) is 0 Å². The van der Waals surface area contributed by atoms with E-state index >= 15 is 0 Å². The van der Waals surface area contributed by atoms with Crippen molar-refractivity contribution in [3.63, 3.8) is 0 Å². The number of piperidine rings is 1. The summed E-state index contributed by atoms with van der Waals surface area (Å²) in [7, 11) is 0. The van der Waals surface area contributed by atoms with Crippen LogP contribution in [-0.2, 0) is 11.3 Å². The molecule has 0 atom stereocenters. The van der Waals surface area contributed by atoms with Crippen LogP contribution in [0.3, 0.4) is 0 Å². The summed E-state index contributed by atoms with van der Waals surface area (Å²) in [6.07, 6.45) is 6.22. The molecule has 1 aromatic heterocycles. The number of fused-ring (bicyclic) bond motifs is 1. The lowest BCUT2D eigenvalue weighted by Crippen LogP contribution is -2.43. The van der Waals surface area contributed by atoms with Gasteiger partial charge in [-0.05, 0) is 43.4 Å². The Labute approximate surface area is 226 Å². The van der Waals surface area contributed by atoms with E-state index in [4.69, 9.17) is 39.9 Å². The van der Waals surface area contributed by atoms with Crippen LogP contribution in [0.5, 0.6) is 0 Å². The number of carbonyl (C=O) groups excluding carboxylic acids is 1. The first-order chi connectivity index (χ1) is 18.0. The molecule has 5 rings (SSSR count). The Morgan fingerprint density at radius 1 is 1.05 bits per heavy atom. The summed E-state index contributed by atoms with van der Waals surface area (Å²) in [5, 5.41) is 7.89. The van der Waals surface area contributed by atoms with E-state index in [9.17, 15) is 4.79 Å². The molecule has 196 valence electrons. The van der Waals surface area contributed by atoms with Crippen molar-refractivity contribution < 1.29 is 4.79 Å². The molecule has 9 nitrogen and oxygen atoms in total. The SMILES string of the molecule is N/N=C(/NN)c1ccc(Cn2c(N3CCC(C(=O)NC4CCCC4)CC3)nc3cc(Cl)c(Cl)cc32)cc1. The number of benzene rings is 2. The number of carbonyl (C=O) groups is 1. The number of nitrogens with two attached hydrogens (primary N) is 2. The van der Waals surface area contributed by atoms with Crippen molar-refractivity contribution in [1.29, 1.82) is 0 Å². The number of halogens is 2. The predicted octanol–water partition coefficient (Wildman–Crippen LogP) is 3.75. The van der Waals surface area contributed by atoms with Crippen LogP contribution >= 0.6 is 23.2 Å². The molecule has 1 amide bonds. The number of rotatable bonds is 6. The molecule has 0 unspecified atom stereocenters. The van der Waals surface area contributed by atoms with Crippen LogP contribution in [0.25, 0.3) is 11.0 Å². The number of amides is 1. The summed E-state index contributed by atoms with van der Waals surface area (Å²) in [6, 6.07) is 11.9. The highest BCUT2D eigenvalue weighted by Gasteiger charge is 2.29. The van der Waals surface area contributed by atoms with Crippen LogP contribution in [0.2, 0.25) is 10.0 Å². The quantitative estimate of drug-likeness (QED) is 0.162. The number of hydrogen-bond acceptors (Lipinski definition) is 6. The lowest BCUT2D eigenvalue weighted by molar-refractivity contribution is -0.126. The Bertz CT molecular complexity index is 1290. The first-order valence-electron chi connectivity index (χ1n) is 12.7. The molecule has 2 aliphatic rings. The van der Waals surface area contributed by atoms with Gasteiger partial charge in [-0.25, -0.2) is 10.8 Å². The van der Waals surface area contributed by atoms with Crippen molar-refractivity contribution in [2.45, 2.75) is 51.1 Å². The summed E-state index contributed by atoms with van der Waals surface area (Å²) in [4.78, 5) is 20.0. The monoisotopic (exact) mass is 542 g/mol. The zero-order chi connectivity index (χ0) is 25.9. The molecule has 37 heavy (non-hydrogen) atoms. The molecule has 1 saturated carbocycles. The fraction of sp³-hybridized carbons (Fsp3) is 0.423. The van der Waals surface area contributed by atoms with Gasteiger partial charge >= 0.3 is 0 Å². The summed E-state index contributed by atoms with van der Waals surface area (Å²) in [5.74, 6) is 12.4. The second kappa shape index (κ2) is 11.2. The van der Waals surface area contributed by atoms with Gasteiger partial charge in [0.05, 0.1) is 27.6 Å².